The zero-order valence-electron chi connectivity index (χ0n) is 20.0. The maximum absolute atomic E-state index is 12.6. The summed E-state index contributed by atoms with van der Waals surface area (Å²) in [6.45, 7) is 0. The van der Waals surface area contributed by atoms with Crippen molar-refractivity contribution >= 4 is 44.9 Å². The second-order valence-electron chi connectivity index (χ2n) is 9.53. The SMILES string of the molecule is O=C(Nc1cncc(-c2ccc3[nH]nc(-c4nc5c(-c6cccs6)cccc5[nH]4)c3c2)c1)C1CCCC1. The number of carbonyl (C=O) groups is 1. The molecule has 0 saturated heterocycles. The van der Waals surface area contributed by atoms with Crippen molar-refractivity contribution in [3.8, 4) is 33.1 Å². The Morgan fingerprint density at radius 1 is 0.973 bits per heavy atom. The van der Waals surface area contributed by atoms with Crippen LogP contribution in [0.3, 0.4) is 0 Å². The molecule has 1 fully saturated rings. The summed E-state index contributed by atoms with van der Waals surface area (Å²) in [6.07, 6.45) is 7.72. The van der Waals surface area contributed by atoms with Gasteiger partial charge in [-0.1, -0.05) is 37.1 Å². The summed E-state index contributed by atoms with van der Waals surface area (Å²) < 4.78 is 0. The zero-order chi connectivity index (χ0) is 24.8. The van der Waals surface area contributed by atoms with Gasteiger partial charge >= 0.3 is 0 Å². The molecule has 4 aromatic heterocycles. The highest BCUT2D eigenvalue weighted by Gasteiger charge is 2.23. The first kappa shape index (κ1) is 21.9. The molecule has 0 spiro atoms. The van der Waals surface area contributed by atoms with E-state index in [1.807, 2.05) is 36.5 Å². The van der Waals surface area contributed by atoms with E-state index in [1.165, 1.54) is 4.88 Å². The number of anilines is 1. The van der Waals surface area contributed by atoms with E-state index in [1.54, 1.807) is 17.5 Å². The van der Waals surface area contributed by atoms with Gasteiger partial charge in [0.15, 0.2) is 5.82 Å². The molecular weight excluding hydrogens is 480 g/mol. The summed E-state index contributed by atoms with van der Waals surface area (Å²) in [5.74, 6) is 0.923. The van der Waals surface area contributed by atoms with E-state index in [4.69, 9.17) is 4.98 Å². The van der Waals surface area contributed by atoms with E-state index in [2.05, 4.69) is 55.1 Å². The van der Waals surface area contributed by atoms with Gasteiger partial charge in [-0.15, -0.1) is 11.3 Å². The van der Waals surface area contributed by atoms with E-state index in [-0.39, 0.29) is 11.8 Å². The molecule has 7 rings (SSSR count). The Labute approximate surface area is 217 Å². The number of aromatic nitrogens is 5. The van der Waals surface area contributed by atoms with E-state index in [0.717, 1.165) is 81.5 Å². The number of aromatic amines is 2. The number of nitrogens with zero attached hydrogens (tertiary/aromatic N) is 3. The standard InChI is InChI=1S/C29H24N6OS/c36-29(17-5-1-2-6-17)31-20-13-19(15-30-16-20)18-10-11-23-22(14-18)27(35-34-23)28-32-24-8-3-7-21(26(24)33-28)25-9-4-12-37-25/h3-4,7-17H,1-2,5-6H2,(H,31,36)(H,32,33)(H,34,35). The molecule has 1 amide bonds. The average Bonchev–Trinajstić information content (AvgIpc) is 3.74. The third-order valence-corrected chi connectivity index (χ3v) is 8.05. The van der Waals surface area contributed by atoms with Gasteiger partial charge in [0.2, 0.25) is 5.91 Å². The molecule has 4 heterocycles. The van der Waals surface area contributed by atoms with Crippen LogP contribution in [0, 0.1) is 5.92 Å². The van der Waals surface area contributed by atoms with Gasteiger partial charge in [-0.2, -0.15) is 5.10 Å². The Hall–Kier alpha value is -4.30. The quantitative estimate of drug-likeness (QED) is 0.235. The van der Waals surface area contributed by atoms with Crippen LogP contribution >= 0.6 is 11.3 Å². The molecule has 2 aromatic carbocycles. The molecule has 37 heavy (non-hydrogen) atoms. The van der Waals surface area contributed by atoms with Crippen molar-refractivity contribution in [3.05, 3.63) is 72.4 Å². The summed E-state index contributed by atoms with van der Waals surface area (Å²) in [5, 5.41) is 13.8. The smallest absolute Gasteiger partial charge is 0.227 e. The number of para-hydroxylation sites is 1. The van der Waals surface area contributed by atoms with Crippen LogP contribution in [0.4, 0.5) is 5.69 Å². The molecule has 1 aliphatic carbocycles. The van der Waals surface area contributed by atoms with Crippen LogP contribution < -0.4 is 5.32 Å². The van der Waals surface area contributed by atoms with E-state index >= 15 is 0 Å². The van der Waals surface area contributed by atoms with Crippen LogP contribution in [-0.4, -0.2) is 31.1 Å². The van der Waals surface area contributed by atoms with E-state index in [0.29, 0.717) is 0 Å². The first-order valence-electron chi connectivity index (χ1n) is 12.5. The number of rotatable bonds is 5. The third kappa shape index (κ3) is 3.99. The van der Waals surface area contributed by atoms with Gasteiger partial charge in [0.05, 0.1) is 28.4 Å². The second kappa shape index (κ2) is 8.97. The molecule has 7 nitrogen and oxygen atoms in total. The van der Waals surface area contributed by atoms with E-state index < -0.39 is 0 Å². The normalized spacial score (nSPS) is 14.1. The Balaban J connectivity index is 1.25. The van der Waals surface area contributed by atoms with Crippen molar-refractivity contribution in [2.45, 2.75) is 25.7 Å². The number of nitrogens with one attached hydrogen (secondary N) is 3. The summed E-state index contributed by atoms with van der Waals surface area (Å²) in [4.78, 5) is 26.6. The lowest BCUT2D eigenvalue weighted by Crippen LogP contribution is -2.20. The number of benzene rings is 2. The number of amides is 1. The summed E-state index contributed by atoms with van der Waals surface area (Å²) >= 11 is 1.70. The van der Waals surface area contributed by atoms with Crippen molar-refractivity contribution < 1.29 is 4.79 Å². The van der Waals surface area contributed by atoms with Crippen LogP contribution in [0.25, 0.3) is 55.0 Å². The van der Waals surface area contributed by atoms with Crippen LogP contribution in [-0.2, 0) is 4.79 Å². The molecular formula is C29H24N6OS. The van der Waals surface area contributed by atoms with Crippen LogP contribution in [0.5, 0.6) is 0 Å². The highest BCUT2D eigenvalue weighted by molar-refractivity contribution is 7.13. The third-order valence-electron chi connectivity index (χ3n) is 7.15. The maximum Gasteiger partial charge on any atom is 0.227 e. The lowest BCUT2D eigenvalue weighted by atomic mass is 10.0. The summed E-state index contributed by atoms with van der Waals surface area (Å²) in [5.41, 5.74) is 7.36. The Kier molecular flexibility index (Phi) is 5.32. The lowest BCUT2D eigenvalue weighted by molar-refractivity contribution is -0.119. The Bertz CT molecular complexity index is 1740. The fraction of sp³-hybridized carbons (Fsp3) is 0.172. The Morgan fingerprint density at radius 2 is 1.89 bits per heavy atom. The highest BCUT2D eigenvalue weighted by atomic mass is 32.1. The topological polar surface area (TPSA) is 99.3 Å². The van der Waals surface area contributed by atoms with E-state index in [9.17, 15) is 4.79 Å². The van der Waals surface area contributed by atoms with Crippen LogP contribution in [0.2, 0.25) is 0 Å². The summed E-state index contributed by atoms with van der Waals surface area (Å²) in [7, 11) is 0. The predicted molar refractivity (Wildman–Crippen MR) is 148 cm³/mol. The van der Waals surface area contributed by atoms with Gasteiger partial charge in [-0.25, -0.2) is 4.98 Å². The number of fused-ring (bicyclic) bond motifs is 2. The fourth-order valence-corrected chi connectivity index (χ4v) is 6.00. The number of hydrogen-bond donors (Lipinski definition) is 3. The molecule has 0 atom stereocenters. The zero-order valence-corrected chi connectivity index (χ0v) is 20.8. The molecule has 8 heteroatoms. The van der Waals surface area contributed by atoms with Gasteiger partial charge in [-0.3, -0.25) is 14.9 Å². The lowest BCUT2D eigenvalue weighted by Gasteiger charge is -2.11. The minimum absolute atomic E-state index is 0.0934. The molecule has 3 N–H and O–H groups in total. The first-order chi connectivity index (χ1) is 18.2. The molecule has 6 aromatic rings. The molecule has 1 saturated carbocycles. The highest BCUT2D eigenvalue weighted by Crippen LogP contribution is 2.35. The van der Waals surface area contributed by atoms with Crippen molar-refractivity contribution in [2.24, 2.45) is 5.92 Å². The van der Waals surface area contributed by atoms with Crippen LogP contribution in [0.1, 0.15) is 25.7 Å². The first-order valence-corrected chi connectivity index (χ1v) is 13.4. The molecule has 0 unspecified atom stereocenters. The van der Waals surface area contributed by atoms with Gasteiger partial charge in [-0.05, 0) is 54.1 Å². The number of pyridine rings is 1. The van der Waals surface area contributed by atoms with Gasteiger partial charge in [0, 0.05) is 33.5 Å². The minimum atomic E-state index is 0.0934. The molecule has 1 aliphatic rings. The van der Waals surface area contributed by atoms with Crippen molar-refractivity contribution in [1.29, 1.82) is 0 Å². The monoisotopic (exact) mass is 504 g/mol. The number of hydrogen-bond acceptors (Lipinski definition) is 5. The molecule has 0 radical (unpaired) electrons. The number of thiophene rings is 1. The average molecular weight is 505 g/mol. The predicted octanol–water partition coefficient (Wildman–Crippen LogP) is 7.03. The van der Waals surface area contributed by atoms with Crippen molar-refractivity contribution in [2.75, 3.05) is 5.32 Å². The van der Waals surface area contributed by atoms with Gasteiger partial charge in [0.1, 0.15) is 5.69 Å². The summed E-state index contributed by atoms with van der Waals surface area (Å²) in [6, 6.07) is 18.5. The molecule has 0 aliphatic heterocycles. The Morgan fingerprint density at radius 3 is 2.76 bits per heavy atom. The van der Waals surface area contributed by atoms with Gasteiger partial charge in [0.25, 0.3) is 0 Å². The fourth-order valence-electron chi connectivity index (χ4n) is 5.25. The minimum Gasteiger partial charge on any atom is -0.337 e. The van der Waals surface area contributed by atoms with Crippen LogP contribution in [0.15, 0.2) is 72.4 Å². The van der Waals surface area contributed by atoms with Crippen molar-refractivity contribution in [1.82, 2.24) is 25.1 Å². The second-order valence-corrected chi connectivity index (χ2v) is 10.5. The number of imidazole rings is 1. The van der Waals surface area contributed by atoms with Crippen molar-refractivity contribution in [3.63, 3.8) is 0 Å². The largest absolute Gasteiger partial charge is 0.337 e. The molecule has 0 bridgehead atoms. The maximum atomic E-state index is 12.6. The van der Waals surface area contributed by atoms with Gasteiger partial charge < -0.3 is 10.3 Å². The molecule has 182 valence electrons. The number of H-pyrrole nitrogens is 2. The number of carbonyl (C=O) groups excluding carboxylic acids is 1.